The third kappa shape index (κ3) is 2.60. The zero-order valence-corrected chi connectivity index (χ0v) is 9.55. The maximum atomic E-state index is 5.26. The van der Waals surface area contributed by atoms with Crippen molar-refractivity contribution in [1.29, 1.82) is 0 Å². The van der Waals surface area contributed by atoms with Crippen LogP contribution >= 0.6 is 0 Å². The Morgan fingerprint density at radius 2 is 2.19 bits per heavy atom. The van der Waals surface area contributed by atoms with Gasteiger partial charge in [0, 0.05) is 5.56 Å². The van der Waals surface area contributed by atoms with Gasteiger partial charge in [-0.15, -0.1) is 0 Å². The zero-order valence-electron chi connectivity index (χ0n) is 9.55. The van der Waals surface area contributed by atoms with E-state index in [0.29, 0.717) is 5.92 Å². The van der Waals surface area contributed by atoms with Crippen molar-refractivity contribution in [3.05, 3.63) is 48.5 Å². The van der Waals surface area contributed by atoms with E-state index in [4.69, 9.17) is 4.42 Å². The highest BCUT2D eigenvalue weighted by atomic mass is 16.3. The van der Waals surface area contributed by atoms with Crippen molar-refractivity contribution in [2.24, 2.45) is 5.92 Å². The number of oxazole rings is 1. The number of hydrogen-bond donors (Lipinski definition) is 0. The molecule has 1 aromatic heterocycles. The van der Waals surface area contributed by atoms with Gasteiger partial charge < -0.3 is 4.42 Å². The Bertz CT molecular complexity index is 469. The number of nitrogens with zero attached hydrogens (tertiary/aromatic N) is 1. The molecule has 0 spiro atoms. The van der Waals surface area contributed by atoms with Crippen molar-refractivity contribution in [2.45, 2.75) is 13.8 Å². The monoisotopic (exact) mass is 213 g/mol. The highest BCUT2D eigenvalue weighted by Gasteiger charge is 2.00. The van der Waals surface area contributed by atoms with E-state index >= 15 is 0 Å². The number of aromatic nitrogens is 1. The van der Waals surface area contributed by atoms with Crippen molar-refractivity contribution >= 4 is 6.08 Å². The van der Waals surface area contributed by atoms with Crippen LogP contribution in [0.25, 0.3) is 17.4 Å². The fraction of sp³-hybridized carbons (Fsp3) is 0.214. The van der Waals surface area contributed by atoms with Crippen molar-refractivity contribution in [1.82, 2.24) is 4.98 Å². The van der Waals surface area contributed by atoms with Gasteiger partial charge in [0.15, 0.2) is 12.2 Å². The van der Waals surface area contributed by atoms with Crippen LogP contribution in [-0.4, -0.2) is 4.98 Å². The first-order chi connectivity index (χ1) is 7.75. The highest BCUT2D eigenvalue weighted by Crippen LogP contribution is 2.20. The molecule has 0 bridgehead atoms. The minimum atomic E-state index is 0.564. The average Bonchev–Trinajstić information content (AvgIpc) is 2.80. The Labute approximate surface area is 95.6 Å². The smallest absolute Gasteiger partial charge is 0.181 e. The quantitative estimate of drug-likeness (QED) is 0.769. The fourth-order valence-electron chi connectivity index (χ4n) is 1.46. The summed E-state index contributed by atoms with van der Waals surface area (Å²) in [5, 5.41) is 0. The average molecular weight is 213 g/mol. The molecule has 2 aromatic rings. The van der Waals surface area contributed by atoms with Crippen LogP contribution in [0.3, 0.4) is 0 Å². The first-order valence-electron chi connectivity index (χ1n) is 5.43. The minimum absolute atomic E-state index is 0.564. The van der Waals surface area contributed by atoms with Gasteiger partial charge in [0.1, 0.15) is 0 Å². The van der Waals surface area contributed by atoms with Gasteiger partial charge in [0.25, 0.3) is 0 Å². The van der Waals surface area contributed by atoms with E-state index < -0.39 is 0 Å². The maximum absolute atomic E-state index is 5.26. The van der Waals surface area contributed by atoms with Crippen LogP contribution in [0.1, 0.15) is 19.4 Å². The van der Waals surface area contributed by atoms with Crippen LogP contribution in [0.15, 0.2) is 47.3 Å². The second-order valence-corrected chi connectivity index (χ2v) is 4.09. The van der Waals surface area contributed by atoms with Crippen LogP contribution in [0.2, 0.25) is 0 Å². The van der Waals surface area contributed by atoms with Crippen molar-refractivity contribution < 1.29 is 4.42 Å². The largest absolute Gasteiger partial charge is 0.444 e. The number of hydrogen-bond acceptors (Lipinski definition) is 2. The molecule has 0 aliphatic heterocycles. The minimum Gasteiger partial charge on any atom is -0.444 e. The molecule has 0 amide bonds. The molecule has 1 heterocycles. The van der Waals surface area contributed by atoms with Gasteiger partial charge in [0.2, 0.25) is 0 Å². The lowest BCUT2D eigenvalue weighted by atomic mass is 10.1. The molecule has 2 nitrogen and oxygen atoms in total. The summed E-state index contributed by atoms with van der Waals surface area (Å²) < 4.78 is 5.26. The predicted molar refractivity (Wildman–Crippen MR) is 65.8 cm³/mol. The molecule has 16 heavy (non-hydrogen) atoms. The first kappa shape index (κ1) is 10.7. The first-order valence-corrected chi connectivity index (χ1v) is 5.43. The summed E-state index contributed by atoms with van der Waals surface area (Å²) in [5.41, 5.74) is 2.24. The Morgan fingerprint density at radius 3 is 2.88 bits per heavy atom. The van der Waals surface area contributed by atoms with E-state index in [1.54, 1.807) is 6.20 Å². The van der Waals surface area contributed by atoms with Gasteiger partial charge in [-0.05, 0) is 17.5 Å². The van der Waals surface area contributed by atoms with Gasteiger partial charge in [-0.3, -0.25) is 0 Å². The van der Waals surface area contributed by atoms with Gasteiger partial charge in [-0.2, -0.15) is 0 Å². The van der Waals surface area contributed by atoms with E-state index in [1.807, 2.05) is 12.1 Å². The van der Waals surface area contributed by atoms with Gasteiger partial charge >= 0.3 is 0 Å². The predicted octanol–water partition coefficient (Wildman–Crippen LogP) is 4.01. The summed E-state index contributed by atoms with van der Waals surface area (Å²) in [6.07, 6.45) is 7.49. The van der Waals surface area contributed by atoms with Gasteiger partial charge in [0.05, 0.1) is 6.20 Å². The van der Waals surface area contributed by atoms with Crippen LogP contribution in [-0.2, 0) is 0 Å². The fourth-order valence-corrected chi connectivity index (χ4v) is 1.46. The molecular formula is C14H15NO. The lowest BCUT2D eigenvalue weighted by molar-refractivity contribution is 0.572. The SMILES string of the molecule is CC(C)/C=C/c1cccc(-c2cnco2)c1. The van der Waals surface area contributed by atoms with Crippen molar-refractivity contribution in [3.8, 4) is 11.3 Å². The number of allylic oxidation sites excluding steroid dienone is 1. The van der Waals surface area contributed by atoms with Crippen LogP contribution in [0, 0.1) is 5.92 Å². The Balaban J connectivity index is 2.27. The van der Waals surface area contributed by atoms with E-state index in [1.165, 1.54) is 12.0 Å². The third-order valence-corrected chi connectivity index (χ3v) is 2.28. The lowest BCUT2D eigenvalue weighted by Crippen LogP contribution is -1.79. The molecule has 0 unspecified atom stereocenters. The summed E-state index contributed by atoms with van der Waals surface area (Å²) in [4.78, 5) is 3.92. The number of rotatable bonds is 3. The molecule has 0 radical (unpaired) electrons. The third-order valence-electron chi connectivity index (χ3n) is 2.28. The Hall–Kier alpha value is -1.83. The second-order valence-electron chi connectivity index (χ2n) is 4.09. The summed E-state index contributed by atoms with van der Waals surface area (Å²) >= 11 is 0. The summed E-state index contributed by atoms with van der Waals surface area (Å²) in [6, 6.07) is 8.23. The maximum Gasteiger partial charge on any atom is 0.181 e. The molecule has 0 fully saturated rings. The molecular weight excluding hydrogens is 198 g/mol. The summed E-state index contributed by atoms with van der Waals surface area (Å²) in [5.74, 6) is 1.37. The van der Waals surface area contributed by atoms with Crippen molar-refractivity contribution in [3.63, 3.8) is 0 Å². The van der Waals surface area contributed by atoms with Crippen LogP contribution < -0.4 is 0 Å². The zero-order chi connectivity index (χ0) is 11.4. The van der Waals surface area contributed by atoms with Gasteiger partial charge in [-0.25, -0.2) is 4.98 Å². The van der Waals surface area contributed by atoms with Crippen LogP contribution in [0.4, 0.5) is 0 Å². The molecule has 0 saturated carbocycles. The van der Waals surface area contributed by atoms with Gasteiger partial charge in [-0.1, -0.05) is 44.2 Å². The number of benzene rings is 1. The molecule has 0 atom stereocenters. The Morgan fingerprint density at radius 1 is 1.31 bits per heavy atom. The molecule has 1 aromatic carbocycles. The van der Waals surface area contributed by atoms with E-state index in [-0.39, 0.29) is 0 Å². The van der Waals surface area contributed by atoms with Crippen molar-refractivity contribution in [2.75, 3.05) is 0 Å². The Kier molecular flexibility index (Phi) is 3.20. The normalized spacial score (nSPS) is 11.4. The molecule has 0 N–H and O–H groups in total. The second kappa shape index (κ2) is 4.79. The van der Waals surface area contributed by atoms with E-state index in [0.717, 1.165) is 11.3 Å². The molecule has 0 aliphatic carbocycles. The molecule has 0 saturated heterocycles. The molecule has 0 aliphatic rings. The molecule has 82 valence electrons. The standard InChI is InChI=1S/C14H15NO/c1-11(2)6-7-12-4-3-5-13(8-12)14-9-15-10-16-14/h3-11H,1-2H3/b7-6+. The van der Waals surface area contributed by atoms with E-state index in [9.17, 15) is 0 Å². The molecule has 2 rings (SSSR count). The lowest BCUT2D eigenvalue weighted by Gasteiger charge is -1.99. The summed E-state index contributed by atoms with van der Waals surface area (Å²) in [7, 11) is 0. The topological polar surface area (TPSA) is 26.0 Å². The van der Waals surface area contributed by atoms with Crippen LogP contribution in [0.5, 0.6) is 0 Å². The summed E-state index contributed by atoms with van der Waals surface area (Å²) in [6.45, 7) is 4.33. The highest BCUT2D eigenvalue weighted by molar-refractivity contribution is 5.62. The van der Waals surface area contributed by atoms with E-state index in [2.05, 4.69) is 43.1 Å². The molecule has 2 heteroatoms.